The molecule has 0 N–H and O–H groups in total. The molecule has 8 heteroatoms. The van der Waals surface area contributed by atoms with E-state index < -0.39 is 25.2 Å². The van der Waals surface area contributed by atoms with Crippen LogP contribution in [-0.2, 0) is 37.7 Å². The Labute approximate surface area is 140 Å². The van der Waals surface area contributed by atoms with E-state index >= 15 is 0 Å². The molecule has 1 aliphatic rings. The molecule has 0 spiro atoms. The monoisotopic (exact) mass is 367 g/mol. The molecule has 0 atom stereocenters. The lowest BCUT2D eigenvalue weighted by molar-refractivity contribution is 0.592. The molecule has 0 amide bonds. The van der Waals surface area contributed by atoms with Crippen LogP contribution < -0.4 is 5.56 Å². The van der Waals surface area contributed by atoms with E-state index in [9.17, 15) is 21.6 Å². The van der Waals surface area contributed by atoms with E-state index in [2.05, 4.69) is 0 Å². The van der Waals surface area contributed by atoms with Gasteiger partial charge in [-0.1, -0.05) is 37.3 Å². The highest BCUT2D eigenvalue weighted by Gasteiger charge is 2.31. The van der Waals surface area contributed by atoms with Crippen molar-refractivity contribution in [3.63, 3.8) is 0 Å². The number of fused-ring (bicyclic) bond motifs is 1. The molecule has 0 saturated carbocycles. The van der Waals surface area contributed by atoms with Gasteiger partial charge in [0, 0.05) is 5.69 Å². The van der Waals surface area contributed by atoms with E-state index in [0.29, 0.717) is 11.3 Å². The zero-order chi connectivity index (χ0) is 17.5. The fourth-order valence-electron chi connectivity index (χ4n) is 2.84. The first-order valence-corrected chi connectivity index (χ1v) is 10.9. The molecular formula is C16H17NO5S2. The average Bonchev–Trinajstić information content (AvgIpc) is 2.85. The maximum absolute atomic E-state index is 12.7. The predicted octanol–water partition coefficient (Wildman–Crippen LogP) is 1.12. The summed E-state index contributed by atoms with van der Waals surface area (Å²) in [7, 11) is -7.09. The number of hydrogen-bond acceptors (Lipinski definition) is 5. The van der Waals surface area contributed by atoms with Gasteiger partial charge in [0.25, 0.3) is 5.56 Å². The number of benzene rings is 1. The van der Waals surface area contributed by atoms with Crippen LogP contribution in [0.2, 0.25) is 0 Å². The van der Waals surface area contributed by atoms with Crippen LogP contribution >= 0.6 is 0 Å². The van der Waals surface area contributed by atoms with Crippen molar-refractivity contribution < 1.29 is 16.8 Å². The molecule has 128 valence electrons. The summed E-state index contributed by atoms with van der Waals surface area (Å²) in [6, 6.07) is 10.3. The van der Waals surface area contributed by atoms with Gasteiger partial charge in [-0.05, 0) is 17.2 Å². The normalized spacial score (nSPS) is 16.0. The summed E-state index contributed by atoms with van der Waals surface area (Å²) >= 11 is 0. The van der Waals surface area contributed by atoms with E-state index in [-0.39, 0.29) is 28.7 Å². The molecule has 1 aliphatic heterocycles. The summed E-state index contributed by atoms with van der Waals surface area (Å²) in [5.74, 6) is -0.681. The van der Waals surface area contributed by atoms with Crippen LogP contribution in [0.1, 0.15) is 23.7 Å². The molecule has 2 aromatic rings. The highest BCUT2D eigenvalue weighted by Crippen LogP contribution is 2.26. The van der Waals surface area contributed by atoms with Crippen molar-refractivity contribution in [2.75, 3.05) is 5.75 Å². The van der Waals surface area contributed by atoms with E-state index in [1.54, 1.807) is 0 Å². The first-order valence-electron chi connectivity index (χ1n) is 7.46. The molecule has 6 nitrogen and oxygen atoms in total. The SMILES string of the molecule is CCS(=O)(=O)c1cc2c(n(Cc3ccccc3)c1=O)CS(=O)(=O)C2. The highest BCUT2D eigenvalue weighted by atomic mass is 32.2. The molecule has 2 heterocycles. The summed E-state index contributed by atoms with van der Waals surface area (Å²) in [5.41, 5.74) is 0.935. The number of hydrogen-bond donors (Lipinski definition) is 0. The average molecular weight is 367 g/mol. The van der Waals surface area contributed by atoms with Crippen LogP contribution in [0.4, 0.5) is 0 Å². The first kappa shape index (κ1) is 16.9. The van der Waals surface area contributed by atoms with Gasteiger partial charge in [0.15, 0.2) is 19.7 Å². The first-order chi connectivity index (χ1) is 11.2. The van der Waals surface area contributed by atoms with Gasteiger partial charge in [-0.2, -0.15) is 0 Å². The van der Waals surface area contributed by atoms with Gasteiger partial charge >= 0.3 is 0 Å². The molecule has 3 rings (SSSR count). The van der Waals surface area contributed by atoms with Gasteiger partial charge in [-0.3, -0.25) is 4.79 Å². The number of rotatable bonds is 4. The molecule has 0 unspecified atom stereocenters. The second-order valence-electron chi connectivity index (χ2n) is 5.79. The Morgan fingerprint density at radius 2 is 1.79 bits per heavy atom. The van der Waals surface area contributed by atoms with Gasteiger partial charge in [-0.25, -0.2) is 16.8 Å². The molecule has 1 aromatic carbocycles. The number of aromatic nitrogens is 1. The Kier molecular flexibility index (Phi) is 4.13. The zero-order valence-corrected chi connectivity index (χ0v) is 14.7. The molecule has 0 radical (unpaired) electrons. The quantitative estimate of drug-likeness (QED) is 0.808. The Morgan fingerprint density at radius 3 is 2.42 bits per heavy atom. The number of nitrogens with zero attached hydrogens (tertiary/aromatic N) is 1. The summed E-state index contributed by atoms with van der Waals surface area (Å²) in [6.07, 6.45) is 0. The molecular weight excluding hydrogens is 350 g/mol. The van der Waals surface area contributed by atoms with Gasteiger partial charge in [0.2, 0.25) is 0 Å². The van der Waals surface area contributed by atoms with Gasteiger partial charge in [0.05, 0.1) is 23.8 Å². The number of pyridine rings is 1. The summed E-state index contributed by atoms with van der Waals surface area (Å²) < 4.78 is 49.7. The van der Waals surface area contributed by atoms with Crippen molar-refractivity contribution in [1.29, 1.82) is 0 Å². The highest BCUT2D eigenvalue weighted by molar-refractivity contribution is 7.91. The maximum Gasteiger partial charge on any atom is 0.269 e. The molecule has 1 aromatic heterocycles. The van der Waals surface area contributed by atoms with Crippen molar-refractivity contribution in [3.05, 3.63) is 63.6 Å². The van der Waals surface area contributed by atoms with Gasteiger partial charge < -0.3 is 4.57 Å². The van der Waals surface area contributed by atoms with Gasteiger partial charge in [0.1, 0.15) is 4.90 Å². The van der Waals surface area contributed by atoms with Crippen LogP contribution in [0.15, 0.2) is 46.1 Å². The molecule has 0 fully saturated rings. The van der Waals surface area contributed by atoms with Crippen molar-refractivity contribution in [2.45, 2.75) is 29.9 Å². The lowest BCUT2D eigenvalue weighted by Gasteiger charge is -2.14. The second kappa shape index (κ2) is 5.86. The summed E-state index contributed by atoms with van der Waals surface area (Å²) in [5, 5.41) is 0. The largest absolute Gasteiger partial charge is 0.306 e. The predicted molar refractivity (Wildman–Crippen MR) is 90.3 cm³/mol. The molecule has 24 heavy (non-hydrogen) atoms. The van der Waals surface area contributed by atoms with Crippen LogP contribution in [0, 0.1) is 0 Å². The fraction of sp³-hybridized carbons (Fsp3) is 0.312. The lowest BCUT2D eigenvalue weighted by Crippen LogP contribution is -2.30. The van der Waals surface area contributed by atoms with Crippen LogP contribution in [0.25, 0.3) is 0 Å². The van der Waals surface area contributed by atoms with E-state index in [4.69, 9.17) is 0 Å². The van der Waals surface area contributed by atoms with Crippen LogP contribution in [0.5, 0.6) is 0 Å². The van der Waals surface area contributed by atoms with E-state index in [0.717, 1.165) is 5.56 Å². The number of sulfone groups is 2. The minimum atomic E-state index is -3.73. The van der Waals surface area contributed by atoms with E-state index in [1.807, 2.05) is 30.3 Å². The smallest absolute Gasteiger partial charge is 0.269 e. The fourth-order valence-corrected chi connectivity index (χ4v) is 5.43. The topological polar surface area (TPSA) is 90.3 Å². The molecule has 0 saturated heterocycles. The van der Waals surface area contributed by atoms with Gasteiger partial charge in [-0.15, -0.1) is 0 Å². The molecule has 0 bridgehead atoms. The Bertz CT molecular complexity index is 1050. The molecule has 0 aliphatic carbocycles. The van der Waals surface area contributed by atoms with Crippen molar-refractivity contribution >= 4 is 19.7 Å². The van der Waals surface area contributed by atoms with Crippen molar-refractivity contribution in [2.24, 2.45) is 0 Å². The summed E-state index contributed by atoms with van der Waals surface area (Å²) in [6.45, 7) is 1.60. The van der Waals surface area contributed by atoms with Crippen molar-refractivity contribution in [3.8, 4) is 0 Å². The van der Waals surface area contributed by atoms with Crippen LogP contribution in [-0.4, -0.2) is 27.2 Å². The third-order valence-corrected chi connectivity index (χ3v) is 7.28. The van der Waals surface area contributed by atoms with E-state index in [1.165, 1.54) is 17.6 Å². The Balaban J connectivity index is 2.26. The third-order valence-electron chi connectivity index (χ3n) is 4.09. The zero-order valence-electron chi connectivity index (χ0n) is 13.1. The minimum absolute atomic E-state index is 0.143. The summed E-state index contributed by atoms with van der Waals surface area (Å²) in [4.78, 5) is 12.4. The second-order valence-corrected chi connectivity index (χ2v) is 10.1. The maximum atomic E-state index is 12.7. The van der Waals surface area contributed by atoms with Crippen molar-refractivity contribution in [1.82, 2.24) is 4.57 Å². The van der Waals surface area contributed by atoms with Crippen LogP contribution in [0.3, 0.4) is 0 Å². The lowest BCUT2D eigenvalue weighted by atomic mass is 10.2. The minimum Gasteiger partial charge on any atom is -0.306 e. The Morgan fingerprint density at radius 1 is 1.12 bits per heavy atom. The third kappa shape index (κ3) is 3.03. The Hall–Kier alpha value is -1.93. The standard InChI is InChI=1S/C16H17NO5S2/c1-2-24(21,22)15-8-13-10-23(19,20)11-14(13)17(16(15)18)9-12-6-4-3-5-7-12/h3-8H,2,9-11H2,1H3.